The number of phenols is 2. The number of aryl methyl sites for hydroxylation is 1. The summed E-state index contributed by atoms with van der Waals surface area (Å²) in [6.07, 6.45) is 0. The molecule has 2 aromatic carbocycles. The van der Waals surface area contributed by atoms with E-state index in [2.05, 4.69) is 5.32 Å². The Bertz CT molecular complexity index is 594. The van der Waals surface area contributed by atoms with Crippen LogP contribution in [0, 0.1) is 6.92 Å². The summed E-state index contributed by atoms with van der Waals surface area (Å²) in [4.78, 5) is 11.9. The van der Waals surface area contributed by atoms with Crippen molar-refractivity contribution in [3.8, 4) is 11.5 Å². The van der Waals surface area contributed by atoms with Crippen molar-refractivity contribution >= 4 is 11.5 Å². The van der Waals surface area contributed by atoms with Crippen LogP contribution in [0.15, 0.2) is 42.5 Å². The van der Waals surface area contributed by atoms with Crippen LogP contribution >= 0.6 is 0 Å². The maximum atomic E-state index is 11.9. The Hall–Kier alpha value is -2.49. The molecule has 0 saturated heterocycles. The van der Waals surface area contributed by atoms with Crippen molar-refractivity contribution in [2.75, 3.05) is 11.9 Å². The molecule has 0 radical (unpaired) electrons. The van der Waals surface area contributed by atoms with Crippen LogP contribution in [0.2, 0.25) is 0 Å². The van der Waals surface area contributed by atoms with E-state index in [4.69, 9.17) is 0 Å². The molecule has 0 spiro atoms. The van der Waals surface area contributed by atoms with E-state index >= 15 is 0 Å². The van der Waals surface area contributed by atoms with Crippen LogP contribution in [0.4, 0.5) is 5.69 Å². The van der Waals surface area contributed by atoms with Gasteiger partial charge in [0.2, 0.25) is 0 Å². The van der Waals surface area contributed by atoms with E-state index in [0.29, 0.717) is 11.3 Å². The summed E-state index contributed by atoms with van der Waals surface area (Å²) >= 11 is 0. The zero-order valence-corrected chi connectivity index (χ0v) is 10.6. The van der Waals surface area contributed by atoms with Crippen LogP contribution in [0.3, 0.4) is 0 Å². The van der Waals surface area contributed by atoms with Gasteiger partial charge in [-0.3, -0.25) is 4.79 Å². The molecule has 2 aromatic rings. The Morgan fingerprint density at radius 3 is 2.47 bits per heavy atom. The predicted octanol–water partition coefficient (Wildman–Crippen LogP) is 2.70. The highest BCUT2D eigenvalue weighted by Crippen LogP contribution is 2.35. The van der Waals surface area contributed by atoms with E-state index in [1.54, 1.807) is 37.3 Å². The van der Waals surface area contributed by atoms with E-state index < -0.39 is 0 Å². The zero-order chi connectivity index (χ0) is 13.8. The van der Waals surface area contributed by atoms with Gasteiger partial charge in [0.15, 0.2) is 17.3 Å². The van der Waals surface area contributed by atoms with Crippen LogP contribution in [-0.4, -0.2) is 22.5 Å². The summed E-state index contributed by atoms with van der Waals surface area (Å²) in [5.41, 5.74) is 1.74. The Morgan fingerprint density at radius 2 is 1.79 bits per heavy atom. The third-order valence-corrected chi connectivity index (χ3v) is 2.89. The van der Waals surface area contributed by atoms with Crippen molar-refractivity contribution in [1.82, 2.24) is 0 Å². The van der Waals surface area contributed by atoms with Crippen molar-refractivity contribution in [2.45, 2.75) is 6.92 Å². The fraction of sp³-hybridized carbons (Fsp3) is 0.133. The highest BCUT2D eigenvalue weighted by atomic mass is 16.3. The molecule has 0 fully saturated rings. The lowest BCUT2D eigenvalue weighted by molar-refractivity contribution is 0.101. The average molecular weight is 257 g/mol. The molecule has 0 saturated carbocycles. The lowest BCUT2D eigenvalue weighted by Gasteiger charge is -2.11. The third-order valence-electron chi connectivity index (χ3n) is 2.89. The second kappa shape index (κ2) is 5.44. The van der Waals surface area contributed by atoms with Crippen LogP contribution < -0.4 is 5.32 Å². The van der Waals surface area contributed by atoms with E-state index in [1.165, 1.54) is 6.07 Å². The van der Waals surface area contributed by atoms with Gasteiger partial charge in [0.25, 0.3) is 0 Å². The third kappa shape index (κ3) is 2.85. The highest BCUT2D eigenvalue weighted by Gasteiger charge is 2.11. The van der Waals surface area contributed by atoms with Crippen molar-refractivity contribution in [3.05, 3.63) is 53.6 Å². The first-order valence-corrected chi connectivity index (χ1v) is 5.93. The molecule has 0 unspecified atom stereocenters. The van der Waals surface area contributed by atoms with Gasteiger partial charge in [-0.05, 0) is 18.6 Å². The van der Waals surface area contributed by atoms with Gasteiger partial charge in [0.05, 0.1) is 12.2 Å². The van der Waals surface area contributed by atoms with Gasteiger partial charge in [-0.15, -0.1) is 0 Å². The molecular formula is C15H15NO3. The van der Waals surface area contributed by atoms with Crippen LogP contribution in [0.25, 0.3) is 0 Å². The lowest BCUT2D eigenvalue weighted by Crippen LogP contribution is -2.14. The van der Waals surface area contributed by atoms with Gasteiger partial charge in [-0.25, -0.2) is 0 Å². The van der Waals surface area contributed by atoms with Gasteiger partial charge in [0, 0.05) is 5.56 Å². The average Bonchev–Trinajstić information content (AvgIpc) is 2.44. The number of aromatic hydroxyl groups is 2. The quantitative estimate of drug-likeness (QED) is 0.582. The monoisotopic (exact) mass is 257 g/mol. The van der Waals surface area contributed by atoms with Crippen molar-refractivity contribution in [2.24, 2.45) is 0 Å². The molecular weight excluding hydrogens is 242 g/mol. The molecule has 4 nitrogen and oxygen atoms in total. The summed E-state index contributed by atoms with van der Waals surface area (Å²) in [6.45, 7) is 1.84. The normalized spacial score (nSPS) is 10.2. The molecule has 0 aliphatic heterocycles. The maximum absolute atomic E-state index is 11.9. The van der Waals surface area contributed by atoms with E-state index in [1.807, 2.05) is 6.07 Å². The first kappa shape index (κ1) is 13.0. The van der Waals surface area contributed by atoms with Crippen LogP contribution in [-0.2, 0) is 0 Å². The fourth-order valence-corrected chi connectivity index (χ4v) is 1.80. The van der Waals surface area contributed by atoms with Gasteiger partial charge in [-0.2, -0.15) is 0 Å². The number of phenolic OH excluding ortho intramolecular Hbond substituents is 2. The van der Waals surface area contributed by atoms with Gasteiger partial charge < -0.3 is 15.5 Å². The molecule has 0 amide bonds. The minimum Gasteiger partial charge on any atom is -0.504 e. The molecule has 3 N–H and O–H groups in total. The van der Waals surface area contributed by atoms with Crippen molar-refractivity contribution < 1.29 is 15.0 Å². The first-order valence-electron chi connectivity index (χ1n) is 5.93. The number of anilines is 1. The lowest BCUT2D eigenvalue weighted by atomic mass is 10.1. The van der Waals surface area contributed by atoms with E-state index in [0.717, 1.165) is 5.56 Å². The number of carbonyl (C=O) groups excluding carboxylic acids is 1. The Labute approximate surface area is 111 Å². The summed E-state index contributed by atoms with van der Waals surface area (Å²) in [5.74, 6) is -0.524. The molecule has 0 bridgehead atoms. The maximum Gasteiger partial charge on any atom is 0.181 e. The number of ketones is 1. The summed E-state index contributed by atoms with van der Waals surface area (Å²) < 4.78 is 0. The highest BCUT2D eigenvalue weighted by molar-refractivity contribution is 5.99. The summed E-state index contributed by atoms with van der Waals surface area (Å²) in [7, 11) is 0. The van der Waals surface area contributed by atoms with Gasteiger partial charge in [0.1, 0.15) is 0 Å². The minimum atomic E-state index is -0.235. The molecule has 19 heavy (non-hydrogen) atoms. The van der Waals surface area contributed by atoms with Crippen LogP contribution in [0.1, 0.15) is 15.9 Å². The minimum absolute atomic E-state index is 0.0574. The smallest absolute Gasteiger partial charge is 0.181 e. The molecule has 2 rings (SSSR count). The number of benzene rings is 2. The number of hydrogen-bond acceptors (Lipinski definition) is 4. The molecule has 0 aliphatic carbocycles. The number of rotatable bonds is 4. The first-order chi connectivity index (χ1) is 9.09. The van der Waals surface area contributed by atoms with Crippen molar-refractivity contribution in [3.63, 3.8) is 0 Å². The number of carbonyl (C=O) groups is 1. The number of nitrogens with one attached hydrogen (secondary N) is 1. The van der Waals surface area contributed by atoms with Gasteiger partial charge in [-0.1, -0.05) is 36.4 Å². The largest absolute Gasteiger partial charge is 0.504 e. The van der Waals surface area contributed by atoms with Crippen LogP contribution in [0.5, 0.6) is 11.5 Å². The number of hydrogen-bond donors (Lipinski definition) is 3. The zero-order valence-electron chi connectivity index (χ0n) is 10.6. The standard InChI is InChI=1S/C15H15NO3/c1-10-7-8-12(17)15(19)14(10)16-9-13(18)11-5-3-2-4-6-11/h2-8,16-17,19H,9H2,1H3. The number of Topliss-reactive ketones (excluding diaryl/α,β-unsaturated/α-hetero) is 1. The SMILES string of the molecule is Cc1ccc(O)c(O)c1NCC(=O)c1ccccc1. The molecule has 98 valence electrons. The van der Waals surface area contributed by atoms with E-state index in [9.17, 15) is 15.0 Å². The second-order valence-electron chi connectivity index (χ2n) is 4.27. The van der Waals surface area contributed by atoms with Gasteiger partial charge >= 0.3 is 0 Å². The second-order valence-corrected chi connectivity index (χ2v) is 4.27. The molecule has 4 heteroatoms. The fourth-order valence-electron chi connectivity index (χ4n) is 1.80. The summed E-state index contributed by atoms with van der Waals surface area (Å²) in [5, 5.41) is 22.0. The Morgan fingerprint density at radius 1 is 1.11 bits per heavy atom. The van der Waals surface area contributed by atoms with Crippen molar-refractivity contribution in [1.29, 1.82) is 0 Å². The van der Waals surface area contributed by atoms with E-state index in [-0.39, 0.29) is 23.8 Å². The Kier molecular flexibility index (Phi) is 3.71. The molecule has 0 aliphatic rings. The molecule has 0 atom stereocenters. The Balaban J connectivity index is 2.12. The molecule has 0 heterocycles. The summed E-state index contributed by atoms with van der Waals surface area (Å²) in [6, 6.07) is 12.0. The predicted molar refractivity (Wildman–Crippen MR) is 73.8 cm³/mol. The molecule has 0 aromatic heterocycles. The topological polar surface area (TPSA) is 69.6 Å².